The van der Waals surface area contributed by atoms with E-state index in [1.54, 1.807) is 11.3 Å². The highest BCUT2D eigenvalue weighted by Gasteiger charge is 2.34. The second-order valence-electron chi connectivity index (χ2n) is 13.3. The summed E-state index contributed by atoms with van der Waals surface area (Å²) in [6.07, 6.45) is 0.563. The molecule has 0 bridgehead atoms. The van der Waals surface area contributed by atoms with Gasteiger partial charge in [-0.15, -0.1) is 21.5 Å². The first-order chi connectivity index (χ1) is 21.8. The van der Waals surface area contributed by atoms with Crippen LogP contribution in [0.3, 0.4) is 0 Å². The van der Waals surface area contributed by atoms with Gasteiger partial charge in [-0.3, -0.25) is 24.0 Å². The number of halogens is 1. The van der Waals surface area contributed by atoms with Gasteiger partial charge in [0.2, 0.25) is 11.8 Å². The average Bonchev–Trinajstić information content (AvgIpc) is 3.49. The topological polar surface area (TPSA) is 105 Å². The molecule has 3 aromatic rings. The van der Waals surface area contributed by atoms with Crippen molar-refractivity contribution in [2.24, 2.45) is 10.4 Å². The van der Waals surface area contributed by atoms with Crippen molar-refractivity contribution in [3.05, 3.63) is 62.5 Å². The van der Waals surface area contributed by atoms with Crippen LogP contribution in [0.5, 0.6) is 0 Å². The Bertz CT molecular complexity index is 1580. The van der Waals surface area contributed by atoms with Gasteiger partial charge in [0.15, 0.2) is 5.82 Å². The molecule has 2 amide bonds. The SMILES string of the molecule is Cc1sc2c(c1C)C(c1ccc(Cl)cc1)=N[C@@H](CC(=O)N1CCN(CCOCCC(=O)NC(C)C(C)(C)C)CC1)c1nnc(C)n1-2. The average molecular weight is 668 g/mol. The van der Waals surface area contributed by atoms with Crippen LogP contribution in [0.2, 0.25) is 5.02 Å². The fraction of sp³-hybridized carbons (Fsp3) is 0.559. The van der Waals surface area contributed by atoms with E-state index in [1.165, 1.54) is 10.4 Å². The number of nitrogens with one attached hydrogen (secondary N) is 1. The van der Waals surface area contributed by atoms with E-state index < -0.39 is 6.04 Å². The molecule has 0 spiro atoms. The van der Waals surface area contributed by atoms with E-state index in [-0.39, 0.29) is 29.7 Å². The first-order valence-electron chi connectivity index (χ1n) is 16.1. The van der Waals surface area contributed by atoms with E-state index >= 15 is 0 Å². The second-order valence-corrected chi connectivity index (χ2v) is 15.0. The molecule has 12 heteroatoms. The largest absolute Gasteiger partial charge is 0.380 e. The minimum Gasteiger partial charge on any atom is -0.380 e. The summed E-state index contributed by atoms with van der Waals surface area (Å²) in [6.45, 7) is 19.1. The Morgan fingerprint density at radius 3 is 2.43 bits per heavy atom. The van der Waals surface area contributed by atoms with Gasteiger partial charge in [-0.05, 0) is 50.8 Å². The zero-order valence-electron chi connectivity index (χ0n) is 28.0. The zero-order chi connectivity index (χ0) is 33.2. The van der Waals surface area contributed by atoms with Gasteiger partial charge in [-0.1, -0.05) is 44.5 Å². The van der Waals surface area contributed by atoms with Crippen molar-refractivity contribution < 1.29 is 14.3 Å². The van der Waals surface area contributed by atoms with Crippen LogP contribution in [0.1, 0.15) is 79.8 Å². The van der Waals surface area contributed by atoms with Crippen molar-refractivity contribution in [3.8, 4) is 5.00 Å². The summed E-state index contributed by atoms with van der Waals surface area (Å²) in [7, 11) is 0. The van der Waals surface area contributed by atoms with Crippen molar-refractivity contribution in [1.29, 1.82) is 0 Å². The Balaban J connectivity index is 1.19. The number of nitrogens with zero attached hydrogens (tertiary/aromatic N) is 6. The fourth-order valence-corrected chi connectivity index (χ4v) is 6.98. The fourth-order valence-electron chi connectivity index (χ4n) is 5.64. The number of carbonyl (C=O) groups excluding carboxylic acids is 2. The molecule has 0 saturated carbocycles. The summed E-state index contributed by atoms with van der Waals surface area (Å²) in [5.74, 6) is 1.54. The van der Waals surface area contributed by atoms with Crippen LogP contribution in [0.25, 0.3) is 5.00 Å². The summed E-state index contributed by atoms with van der Waals surface area (Å²) < 4.78 is 7.85. The molecule has 2 aromatic heterocycles. The number of piperazine rings is 1. The van der Waals surface area contributed by atoms with Crippen LogP contribution in [0.4, 0.5) is 0 Å². The van der Waals surface area contributed by atoms with Gasteiger partial charge in [0.1, 0.15) is 16.9 Å². The highest BCUT2D eigenvalue weighted by Crippen LogP contribution is 2.39. The number of aryl methyl sites for hydroxylation is 2. The van der Waals surface area contributed by atoms with Crippen LogP contribution in [-0.4, -0.2) is 94.1 Å². The molecule has 1 aromatic carbocycles. The number of carbonyl (C=O) groups is 2. The molecule has 1 N–H and O–H groups in total. The molecule has 5 rings (SSSR count). The van der Waals surface area contributed by atoms with Crippen molar-refractivity contribution in [1.82, 2.24) is 29.9 Å². The van der Waals surface area contributed by atoms with Gasteiger partial charge in [0.05, 0.1) is 25.3 Å². The lowest BCUT2D eigenvalue weighted by Gasteiger charge is -2.35. The molecule has 0 radical (unpaired) electrons. The van der Waals surface area contributed by atoms with Gasteiger partial charge in [0, 0.05) is 66.2 Å². The second kappa shape index (κ2) is 14.3. The quantitative estimate of drug-likeness (QED) is 0.295. The molecule has 2 atom stereocenters. The molecule has 4 heterocycles. The van der Waals surface area contributed by atoms with E-state index in [4.69, 9.17) is 21.3 Å². The standard InChI is InChI=1S/C34H46ClN7O3S/c1-21-22(2)46-33-30(21)31(25-8-10-26(35)11-9-25)37-27(32-39-38-24(4)42(32)33)20-29(44)41-15-13-40(14-16-41)17-19-45-18-12-28(43)36-23(3)34(5,6)7/h8-11,23,27H,12-20H2,1-7H3,(H,36,43)/t23?,27-/m0/s1. The third kappa shape index (κ3) is 7.70. The van der Waals surface area contributed by atoms with Crippen LogP contribution >= 0.6 is 22.9 Å². The van der Waals surface area contributed by atoms with Gasteiger partial charge in [-0.2, -0.15) is 0 Å². The summed E-state index contributed by atoms with van der Waals surface area (Å²) >= 11 is 7.94. The highest BCUT2D eigenvalue weighted by atomic mass is 35.5. The van der Waals surface area contributed by atoms with Gasteiger partial charge in [-0.25, -0.2) is 0 Å². The lowest BCUT2D eigenvalue weighted by Crippen LogP contribution is -2.49. The van der Waals surface area contributed by atoms with Crippen LogP contribution in [0.15, 0.2) is 29.3 Å². The van der Waals surface area contributed by atoms with Crippen LogP contribution in [0, 0.1) is 26.2 Å². The maximum atomic E-state index is 13.7. The first-order valence-corrected chi connectivity index (χ1v) is 17.3. The van der Waals surface area contributed by atoms with Gasteiger partial charge in [0.25, 0.3) is 0 Å². The third-order valence-electron chi connectivity index (χ3n) is 9.15. The highest BCUT2D eigenvalue weighted by molar-refractivity contribution is 7.15. The van der Waals surface area contributed by atoms with Crippen LogP contribution in [-0.2, 0) is 14.3 Å². The Morgan fingerprint density at radius 1 is 1.07 bits per heavy atom. The molecule has 10 nitrogen and oxygen atoms in total. The number of benzene rings is 1. The predicted molar refractivity (Wildman–Crippen MR) is 183 cm³/mol. The minimum absolute atomic E-state index is 0.0158. The number of hydrogen-bond acceptors (Lipinski definition) is 8. The van der Waals surface area contributed by atoms with Crippen molar-refractivity contribution in [2.45, 2.75) is 73.4 Å². The zero-order valence-corrected chi connectivity index (χ0v) is 29.6. The number of aromatic nitrogens is 3. The Hall–Kier alpha value is -3.12. The molecule has 46 heavy (non-hydrogen) atoms. The summed E-state index contributed by atoms with van der Waals surface area (Å²) in [5, 5.41) is 13.7. The van der Waals surface area contributed by atoms with Crippen molar-refractivity contribution in [2.75, 3.05) is 45.9 Å². The third-order valence-corrected chi connectivity index (χ3v) is 10.6. The Morgan fingerprint density at radius 2 is 1.76 bits per heavy atom. The normalized spacial score (nSPS) is 17.6. The molecule has 1 fully saturated rings. The van der Waals surface area contributed by atoms with Gasteiger partial charge < -0.3 is 15.0 Å². The molecule has 1 saturated heterocycles. The lowest BCUT2D eigenvalue weighted by atomic mass is 9.88. The number of aliphatic imine (C=N–C) groups is 1. The van der Waals surface area contributed by atoms with Crippen molar-refractivity contribution in [3.63, 3.8) is 0 Å². The molecule has 0 aliphatic carbocycles. The summed E-state index contributed by atoms with van der Waals surface area (Å²) in [4.78, 5) is 36.6. The monoisotopic (exact) mass is 667 g/mol. The first kappa shape index (κ1) is 34.2. The number of rotatable bonds is 10. The van der Waals surface area contributed by atoms with E-state index in [0.29, 0.717) is 43.6 Å². The number of thiophene rings is 1. The van der Waals surface area contributed by atoms with Crippen molar-refractivity contribution >= 4 is 40.5 Å². The molecule has 1 unspecified atom stereocenters. The van der Waals surface area contributed by atoms with Crippen LogP contribution < -0.4 is 5.32 Å². The maximum Gasteiger partial charge on any atom is 0.225 e. The number of ether oxygens (including phenoxy) is 1. The molecule has 2 aliphatic heterocycles. The molecular formula is C34H46ClN7O3S. The van der Waals surface area contributed by atoms with E-state index in [0.717, 1.165) is 47.3 Å². The molecule has 248 valence electrons. The number of fused-ring (bicyclic) bond motifs is 3. The summed E-state index contributed by atoms with van der Waals surface area (Å²) in [6, 6.07) is 7.35. The van der Waals surface area contributed by atoms with E-state index in [1.807, 2.05) is 43.0 Å². The maximum absolute atomic E-state index is 13.7. The number of hydrogen-bond donors (Lipinski definition) is 1. The van der Waals surface area contributed by atoms with E-state index in [2.05, 4.69) is 59.6 Å². The number of amides is 2. The predicted octanol–water partition coefficient (Wildman–Crippen LogP) is 5.29. The smallest absolute Gasteiger partial charge is 0.225 e. The van der Waals surface area contributed by atoms with E-state index in [9.17, 15) is 9.59 Å². The molecular weight excluding hydrogens is 622 g/mol. The molecule has 2 aliphatic rings. The Kier molecular flexibility index (Phi) is 10.7. The summed E-state index contributed by atoms with van der Waals surface area (Å²) in [5.41, 5.74) is 4.05. The van der Waals surface area contributed by atoms with Gasteiger partial charge >= 0.3 is 0 Å². The minimum atomic E-state index is -0.478. The Labute approximate surface area is 281 Å². The lowest BCUT2D eigenvalue weighted by molar-refractivity contribution is -0.133.